The Morgan fingerprint density at radius 1 is 1.17 bits per heavy atom. The van der Waals surface area contributed by atoms with Crippen molar-refractivity contribution in [2.45, 2.75) is 31.3 Å². The molecule has 0 radical (unpaired) electrons. The lowest BCUT2D eigenvalue weighted by Crippen LogP contribution is -2.42. The van der Waals surface area contributed by atoms with Crippen molar-refractivity contribution in [3.63, 3.8) is 0 Å². The Hall–Kier alpha value is -1.85. The third-order valence-electron chi connectivity index (χ3n) is 4.63. The molecule has 5 nitrogen and oxygen atoms in total. The first kappa shape index (κ1) is 16.0. The maximum absolute atomic E-state index is 12.8. The molecule has 2 saturated heterocycles. The zero-order chi connectivity index (χ0) is 14.9. The number of rotatable bonds is 2. The largest absolute Gasteiger partial charge is 0.444 e. The average Bonchev–Trinajstić information content (AvgIpc) is 3.12. The molecule has 2 bridgehead atoms. The van der Waals surface area contributed by atoms with Crippen LogP contribution in [0.25, 0.3) is 11.5 Å². The number of carbonyl (C=O) groups excluding carboxylic acids is 1. The van der Waals surface area contributed by atoms with E-state index in [-0.39, 0.29) is 24.4 Å². The van der Waals surface area contributed by atoms with Crippen molar-refractivity contribution in [2.75, 3.05) is 13.1 Å². The second kappa shape index (κ2) is 6.72. The Morgan fingerprint density at radius 3 is 2.78 bits per heavy atom. The topological polar surface area (TPSA) is 58.4 Å². The van der Waals surface area contributed by atoms with Crippen LogP contribution in [0.15, 0.2) is 41.0 Å². The van der Waals surface area contributed by atoms with Gasteiger partial charge in [0.25, 0.3) is 5.91 Å². The molecule has 6 heteroatoms. The summed E-state index contributed by atoms with van der Waals surface area (Å²) in [4.78, 5) is 19.3. The Morgan fingerprint density at radius 2 is 1.96 bits per heavy atom. The van der Waals surface area contributed by atoms with E-state index in [2.05, 4.69) is 10.3 Å². The third kappa shape index (κ3) is 2.99. The number of nitrogens with one attached hydrogen (secondary N) is 1. The molecular formula is C17H20ClN3O2. The molecule has 2 fully saturated rings. The summed E-state index contributed by atoms with van der Waals surface area (Å²) in [5.74, 6) is 0.506. The number of aromatic nitrogens is 1. The van der Waals surface area contributed by atoms with Crippen LogP contribution in [0.1, 0.15) is 29.8 Å². The Kier molecular flexibility index (Phi) is 4.68. The number of benzene rings is 1. The number of hydrogen-bond acceptors (Lipinski definition) is 4. The molecular weight excluding hydrogens is 314 g/mol. The number of amides is 1. The van der Waals surface area contributed by atoms with Gasteiger partial charge in [-0.2, -0.15) is 0 Å². The second-order valence-corrected chi connectivity index (χ2v) is 5.99. The molecule has 2 unspecified atom stereocenters. The zero-order valence-corrected chi connectivity index (χ0v) is 13.6. The van der Waals surface area contributed by atoms with E-state index in [0.717, 1.165) is 37.9 Å². The molecule has 1 aromatic heterocycles. The van der Waals surface area contributed by atoms with Gasteiger partial charge >= 0.3 is 0 Å². The van der Waals surface area contributed by atoms with Gasteiger partial charge in [0.2, 0.25) is 5.89 Å². The van der Waals surface area contributed by atoms with Crippen LogP contribution in [0.5, 0.6) is 0 Å². The SMILES string of the molecule is Cl.O=C(c1coc(-c2ccccc2)n1)N1C2CCNCC1CC2. The van der Waals surface area contributed by atoms with E-state index in [9.17, 15) is 4.79 Å². The molecule has 2 aliphatic rings. The summed E-state index contributed by atoms with van der Waals surface area (Å²) in [6, 6.07) is 10.3. The van der Waals surface area contributed by atoms with Crippen molar-refractivity contribution < 1.29 is 9.21 Å². The minimum atomic E-state index is 0. The number of nitrogens with zero attached hydrogens (tertiary/aromatic N) is 2. The predicted molar refractivity (Wildman–Crippen MR) is 89.7 cm³/mol. The van der Waals surface area contributed by atoms with E-state index in [1.54, 1.807) is 0 Å². The van der Waals surface area contributed by atoms with Gasteiger partial charge in [-0.25, -0.2) is 4.98 Å². The highest BCUT2D eigenvalue weighted by molar-refractivity contribution is 5.93. The molecule has 2 aliphatic heterocycles. The van der Waals surface area contributed by atoms with Crippen LogP contribution in [0.2, 0.25) is 0 Å². The van der Waals surface area contributed by atoms with Gasteiger partial charge in [0, 0.05) is 24.2 Å². The highest BCUT2D eigenvalue weighted by Crippen LogP contribution is 2.30. The fourth-order valence-electron chi connectivity index (χ4n) is 3.53. The molecule has 2 atom stereocenters. The second-order valence-electron chi connectivity index (χ2n) is 5.99. The summed E-state index contributed by atoms with van der Waals surface area (Å²) in [6.45, 7) is 1.87. The van der Waals surface area contributed by atoms with Crippen LogP contribution in [-0.2, 0) is 0 Å². The molecule has 1 N–H and O–H groups in total. The summed E-state index contributed by atoms with van der Waals surface area (Å²) < 4.78 is 5.51. The van der Waals surface area contributed by atoms with E-state index in [4.69, 9.17) is 4.42 Å². The minimum Gasteiger partial charge on any atom is -0.444 e. The first-order valence-corrected chi connectivity index (χ1v) is 7.87. The van der Waals surface area contributed by atoms with Crippen LogP contribution >= 0.6 is 12.4 Å². The maximum atomic E-state index is 12.8. The Labute approximate surface area is 141 Å². The van der Waals surface area contributed by atoms with Gasteiger partial charge in [-0.15, -0.1) is 12.4 Å². The van der Waals surface area contributed by atoms with Crippen molar-refractivity contribution in [1.82, 2.24) is 15.2 Å². The van der Waals surface area contributed by atoms with Crippen molar-refractivity contribution in [2.24, 2.45) is 0 Å². The molecule has 0 saturated carbocycles. The number of fused-ring (bicyclic) bond motifs is 2. The highest BCUT2D eigenvalue weighted by atomic mass is 35.5. The van der Waals surface area contributed by atoms with Crippen molar-refractivity contribution in [3.05, 3.63) is 42.3 Å². The van der Waals surface area contributed by atoms with E-state index in [1.165, 1.54) is 6.26 Å². The fourth-order valence-corrected chi connectivity index (χ4v) is 3.53. The van der Waals surface area contributed by atoms with Crippen LogP contribution < -0.4 is 5.32 Å². The predicted octanol–water partition coefficient (Wildman–Crippen LogP) is 2.73. The summed E-state index contributed by atoms with van der Waals surface area (Å²) in [5, 5.41) is 3.41. The van der Waals surface area contributed by atoms with Gasteiger partial charge in [-0.1, -0.05) is 18.2 Å². The van der Waals surface area contributed by atoms with Gasteiger partial charge < -0.3 is 14.6 Å². The Balaban J connectivity index is 0.00000156. The summed E-state index contributed by atoms with van der Waals surface area (Å²) >= 11 is 0. The summed E-state index contributed by atoms with van der Waals surface area (Å²) in [5.41, 5.74) is 1.31. The lowest BCUT2D eigenvalue weighted by atomic mass is 10.1. The molecule has 3 heterocycles. The zero-order valence-electron chi connectivity index (χ0n) is 12.8. The van der Waals surface area contributed by atoms with Gasteiger partial charge in [-0.3, -0.25) is 4.79 Å². The van der Waals surface area contributed by atoms with Gasteiger partial charge in [0.1, 0.15) is 6.26 Å². The smallest absolute Gasteiger partial charge is 0.276 e. The number of halogens is 1. The fraction of sp³-hybridized carbons (Fsp3) is 0.412. The molecule has 0 aliphatic carbocycles. The molecule has 0 spiro atoms. The van der Waals surface area contributed by atoms with Crippen molar-refractivity contribution in [1.29, 1.82) is 0 Å². The monoisotopic (exact) mass is 333 g/mol. The standard InChI is InChI=1S/C17H19N3O2.ClH/c21-17(20-13-6-7-14(20)10-18-9-8-13)15-11-22-16(19-15)12-4-2-1-3-5-12;/h1-5,11,13-14,18H,6-10H2;1H. The van der Waals surface area contributed by atoms with E-state index < -0.39 is 0 Å². The molecule has 23 heavy (non-hydrogen) atoms. The van der Waals surface area contributed by atoms with Crippen LogP contribution in [0, 0.1) is 0 Å². The summed E-state index contributed by atoms with van der Waals surface area (Å²) in [6.07, 6.45) is 4.68. The quantitative estimate of drug-likeness (QED) is 0.918. The van der Waals surface area contributed by atoms with E-state index in [0.29, 0.717) is 17.6 Å². The highest BCUT2D eigenvalue weighted by Gasteiger charge is 2.39. The normalized spacial score (nSPS) is 23.2. The molecule has 1 aromatic carbocycles. The molecule has 122 valence electrons. The minimum absolute atomic E-state index is 0. The average molecular weight is 334 g/mol. The number of oxazole rings is 1. The van der Waals surface area contributed by atoms with Crippen LogP contribution in [0.4, 0.5) is 0 Å². The lowest BCUT2D eigenvalue weighted by molar-refractivity contribution is 0.0674. The number of hydrogen-bond donors (Lipinski definition) is 1. The van der Waals surface area contributed by atoms with Gasteiger partial charge in [0.15, 0.2) is 5.69 Å². The molecule has 2 aromatic rings. The van der Waals surface area contributed by atoms with Gasteiger partial charge in [-0.05, 0) is 37.9 Å². The third-order valence-corrected chi connectivity index (χ3v) is 4.63. The van der Waals surface area contributed by atoms with E-state index >= 15 is 0 Å². The van der Waals surface area contributed by atoms with Crippen molar-refractivity contribution in [3.8, 4) is 11.5 Å². The Bertz CT molecular complexity index is 659. The number of carbonyl (C=O) groups is 1. The van der Waals surface area contributed by atoms with Crippen LogP contribution in [-0.4, -0.2) is 41.0 Å². The first-order valence-electron chi connectivity index (χ1n) is 7.87. The van der Waals surface area contributed by atoms with Crippen LogP contribution in [0.3, 0.4) is 0 Å². The lowest BCUT2D eigenvalue weighted by Gasteiger charge is -2.26. The molecule has 1 amide bonds. The summed E-state index contributed by atoms with van der Waals surface area (Å²) in [7, 11) is 0. The van der Waals surface area contributed by atoms with E-state index in [1.807, 2.05) is 35.2 Å². The van der Waals surface area contributed by atoms with Gasteiger partial charge in [0.05, 0.1) is 0 Å². The first-order chi connectivity index (χ1) is 10.8. The maximum Gasteiger partial charge on any atom is 0.276 e. The molecule has 4 rings (SSSR count). The van der Waals surface area contributed by atoms with Crippen molar-refractivity contribution >= 4 is 18.3 Å².